The second-order valence-electron chi connectivity index (χ2n) is 14.9. The van der Waals surface area contributed by atoms with Crippen molar-refractivity contribution in [3.8, 4) is 0 Å². The first-order chi connectivity index (χ1) is 22.3. The zero-order valence-electron chi connectivity index (χ0n) is 30.7. The molecule has 284 valence electrons. The van der Waals surface area contributed by atoms with Gasteiger partial charge in [-0.1, -0.05) is 46.9 Å². The lowest BCUT2D eigenvalue weighted by Gasteiger charge is -2.49. The van der Waals surface area contributed by atoms with E-state index in [1.54, 1.807) is 34.6 Å². The van der Waals surface area contributed by atoms with Crippen molar-refractivity contribution >= 4 is 17.7 Å². The Morgan fingerprint density at radius 1 is 1.12 bits per heavy atom. The van der Waals surface area contributed by atoms with Crippen LogP contribution < -0.4 is 0 Å². The second-order valence-corrected chi connectivity index (χ2v) is 14.9. The summed E-state index contributed by atoms with van der Waals surface area (Å²) in [7, 11) is 3.79. The van der Waals surface area contributed by atoms with Gasteiger partial charge in [-0.2, -0.15) is 0 Å². The minimum atomic E-state index is -1.71. The molecule has 0 aromatic heterocycles. The van der Waals surface area contributed by atoms with E-state index in [1.165, 1.54) is 6.92 Å². The van der Waals surface area contributed by atoms with Crippen molar-refractivity contribution in [3.63, 3.8) is 0 Å². The molecule has 3 saturated heterocycles. The van der Waals surface area contributed by atoms with Gasteiger partial charge in [-0.05, 0) is 66.6 Å². The van der Waals surface area contributed by atoms with Crippen molar-refractivity contribution in [1.29, 1.82) is 0 Å². The molecule has 3 aliphatic rings. The number of ether oxygens (including phenoxy) is 6. The SMILES string of the molecule is C.C=C1CO[C@@H]2[C@@H](C)/C(=N/O)[C@H](C)C[C@@](C)(OC1)[C@H](O[C@@H]1O[C@H](C)C[C@H](N(C)C)[C@H]1OC(C)=O)[C@@H](C)[C@H](O)[C@@H](C)C(=O)O[C@H](CC)[C@@]2(C)O. The summed E-state index contributed by atoms with van der Waals surface area (Å²) >= 11 is 0. The number of nitrogens with zero attached hydrogens (tertiary/aromatic N) is 2. The third-order valence-corrected chi connectivity index (χ3v) is 10.5. The smallest absolute Gasteiger partial charge is 0.311 e. The van der Waals surface area contributed by atoms with E-state index < -0.39 is 83.6 Å². The number of rotatable bonds is 5. The van der Waals surface area contributed by atoms with Crippen molar-refractivity contribution in [3.05, 3.63) is 12.2 Å². The number of aliphatic hydroxyl groups excluding tert-OH is 1. The molecule has 0 spiro atoms. The molecule has 0 radical (unpaired) electrons. The summed E-state index contributed by atoms with van der Waals surface area (Å²) in [5, 5.41) is 38.0. The molecular weight excluding hydrogens is 636 g/mol. The molecule has 0 saturated carbocycles. The fourth-order valence-electron chi connectivity index (χ4n) is 7.85. The summed E-state index contributed by atoms with van der Waals surface area (Å²) < 4.78 is 37.9. The number of esters is 2. The van der Waals surface area contributed by atoms with Crippen LogP contribution in [0.4, 0.5) is 0 Å². The topological polar surface area (TPSA) is 166 Å². The Bertz CT molecular complexity index is 1160. The largest absolute Gasteiger partial charge is 0.459 e. The van der Waals surface area contributed by atoms with E-state index in [9.17, 15) is 25.0 Å². The van der Waals surface area contributed by atoms with Crippen LogP contribution in [0.15, 0.2) is 17.3 Å². The molecule has 3 heterocycles. The van der Waals surface area contributed by atoms with Gasteiger partial charge in [0.15, 0.2) is 12.4 Å². The van der Waals surface area contributed by atoms with E-state index in [0.717, 1.165) is 0 Å². The van der Waals surface area contributed by atoms with Crippen LogP contribution in [0.25, 0.3) is 0 Å². The van der Waals surface area contributed by atoms with Crippen LogP contribution in [-0.2, 0) is 38.0 Å². The molecule has 3 N–H and O–H groups in total. The van der Waals surface area contributed by atoms with Gasteiger partial charge in [0.25, 0.3) is 0 Å². The number of carbonyl (C=O) groups is 2. The number of carbonyl (C=O) groups excluding carboxylic acids is 2. The molecule has 3 rings (SSSR count). The van der Waals surface area contributed by atoms with Crippen molar-refractivity contribution in [2.24, 2.45) is 28.8 Å². The lowest BCUT2D eigenvalue weighted by molar-refractivity contribution is -0.304. The minimum absolute atomic E-state index is 0. The first kappa shape index (κ1) is 43.0. The summed E-state index contributed by atoms with van der Waals surface area (Å²) in [4.78, 5) is 28.0. The standard InChI is InChI=1S/C35H60N2O11.CH4/c1-13-26-35(10,41)31-21(5)27(36-42)19(3)15-34(9,44-17-18(2)16-43-31)30(22(6)28(39)23(7)32(40)47-26)48-33-29(46-24(8)38)25(37(11)12)14-20(4)45-33;/h19-23,25-26,28-31,33,39,41-42H,2,13-17H2,1,3-12H3;1H4/b36-27+;/t19-,20-,21+,22+,23-,25+,26-,28+,29-,30-,31-,33+,34-,35-;/m1./s1. The number of hydrogen-bond donors (Lipinski definition) is 3. The number of fused-ring (bicyclic) bond motifs is 5. The Balaban J connectivity index is 0.00000833. The molecule has 2 bridgehead atoms. The molecule has 3 aliphatic heterocycles. The maximum Gasteiger partial charge on any atom is 0.311 e. The monoisotopic (exact) mass is 700 g/mol. The third kappa shape index (κ3) is 9.61. The molecular formula is C36H64N2O11. The Labute approximate surface area is 293 Å². The van der Waals surface area contributed by atoms with Crippen LogP contribution in [0, 0.1) is 23.7 Å². The lowest BCUT2D eigenvalue weighted by atomic mass is 9.73. The van der Waals surface area contributed by atoms with Crippen LogP contribution in [0.5, 0.6) is 0 Å². The van der Waals surface area contributed by atoms with Gasteiger partial charge in [0.05, 0.1) is 60.9 Å². The fraction of sp³-hybridized carbons (Fsp3) is 0.861. The van der Waals surface area contributed by atoms with Crippen LogP contribution in [0.3, 0.4) is 0 Å². The van der Waals surface area contributed by atoms with Gasteiger partial charge in [-0.15, -0.1) is 0 Å². The van der Waals surface area contributed by atoms with Gasteiger partial charge in [0.2, 0.25) is 0 Å². The highest BCUT2D eigenvalue weighted by Crippen LogP contribution is 2.41. The van der Waals surface area contributed by atoms with E-state index in [0.29, 0.717) is 17.7 Å². The molecule has 0 aromatic carbocycles. The predicted octanol–water partition coefficient (Wildman–Crippen LogP) is 3.95. The molecule has 3 fully saturated rings. The molecule has 13 nitrogen and oxygen atoms in total. The van der Waals surface area contributed by atoms with Crippen LogP contribution >= 0.6 is 0 Å². The maximum atomic E-state index is 13.7. The van der Waals surface area contributed by atoms with E-state index in [-0.39, 0.29) is 45.6 Å². The molecule has 0 unspecified atom stereocenters. The molecule has 0 aromatic rings. The summed E-state index contributed by atoms with van der Waals surface area (Å²) in [6, 6.07) is -0.239. The number of likely N-dealkylation sites (N-methyl/N-ethyl adjacent to an activating group) is 1. The first-order valence-electron chi connectivity index (χ1n) is 17.2. The Kier molecular flexibility index (Phi) is 15.3. The van der Waals surface area contributed by atoms with Gasteiger partial charge in [0, 0.05) is 24.7 Å². The number of cyclic esters (lactones) is 1. The molecule has 49 heavy (non-hydrogen) atoms. The van der Waals surface area contributed by atoms with Crippen molar-refractivity contribution in [2.45, 2.75) is 149 Å². The van der Waals surface area contributed by atoms with Crippen LogP contribution in [0.1, 0.15) is 89.0 Å². The summed E-state index contributed by atoms with van der Waals surface area (Å²) in [6.07, 6.45) is -5.31. The van der Waals surface area contributed by atoms with Gasteiger partial charge in [-0.25, -0.2) is 0 Å². The highest BCUT2D eigenvalue weighted by atomic mass is 16.7. The van der Waals surface area contributed by atoms with E-state index in [2.05, 4.69) is 11.7 Å². The summed E-state index contributed by atoms with van der Waals surface area (Å²) in [6.45, 7) is 19.7. The third-order valence-electron chi connectivity index (χ3n) is 10.5. The van der Waals surface area contributed by atoms with Gasteiger partial charge in [0.1, 0.15) is 11.7 Å². The van der Waals surface area contributed by atoms with Crippen molar-refractivity contribution in [1.82, 2.24) is 4.90 Å². The minimum Gasteiger partial charge on any atom is -0.459 e. The van der Waals surface area contributed by atoms with E-state index >= 15 is 0 Å². The average molecular weight is 701 g/mol. The Morgan fingerprint density at radius 3 is 2.31 bits per heavy atom. The van der Waals surface area contributed by atoms with E-state index in [4.69, 9.17) is 28.4 Å². The normalized spacial score (nSPS) is 43.8. The maximum absolute atomic E-state index is 13.7. The van der Waals surface area contributed by atoms with Crippen molar-refractivity contribution < 1.29 is 53.4 Å². The van der Waals surface area contributed by atoms with Crippen LogP contribution in [-0.4, -0.2) is 125 Å². The molecule has 13 heteroatoms. The highest BCUT2D eigenvalue weighted by Gasteiger charge is 2.53. The fourth-order valence-corrected chi connectivity index (χ4v) is 7.85. The first-order valence-corrected chi connectivity index (χ1v) is 17.2. The van der Waals surface area contributed by atoms with Gasteiger partial charge in [-0.3, -0.25) is 9.59 Å². The molecule has 0 amide bonds. The zero-order valence-corrected chi connectivity index (χ0v) is 30.7. The summed E-state index contributed by atoms with van der Waals surface area (Å²) in [5.41, 5.74) is -2.03. The van der Waals surface area contributed by atoms with Crippen LogP contribution in [0.2, 0.25) is 0 Å². The zero-order chi connectivity index (χ0) is 36.3. The number of oxime groups is 1. The lowest BCUT2D eigenvalue weighted by Crippen LogP contribution is -2.61. The predicted molar refractivity (Wildman–Crippen MR) is 184 cm³/mol. The highest BCUT2D eigenvalue weighted by molar-refractivity contribution is 5.88. The quantitative estimate of drug-likeness (QED) is 0.164. The average Bonchev–Trinajstić information content (AvgIpc) is 3.01. The number of aliphatic hydroxyl groups is 2. The Hall–Kier alpha value is -2.13. The number of hydrogen-bond acceptors (Lipinski definition) is 13. The second kappa shape index (κ2) is 17.4. The Morgan fingerprint density at radius 2 is 1.76 bits per heavy atom. The van der Waals surface area contributed by atoms with Crippen molar-refractivity contribution in [2.75, 3.05) is 27.3 Å². The molecule has 0 aliphatic carbocycles. The molecule has 14 atom stereocenters. The van der Waals surface area contributed by atoms with Gasteiger partial charge >= 0.3 is 11.9 Å². The summed E-state index contributed by atoms with van der Waals surface area (Å²) in [5.74, 6) is -4.10. The van der Waals surface area contributed by atoms with Gasteiger partial charge < -0.3 is 48.7 Å². The van der Waals surface area contributed by atoms with E-state index in [1.807, 2.05) is 39.8 Å².